The van der Waals surface area contributed by atoms with Crippen LogP contribution in [0.5, 0.6) is 0 Å². The molecule has 1 fully saturated rings. The molecule has 1 aromatic rings. The second-order valence-corrected chi connectivity index (χ2v) is 5.10. The first-order chi connectivity index (χ1) is 8.47. The number of anilines is 2. The summed E-state index contributed by atoms with van der Waals surface area (Å²) in [6.45, 7) is 3.89. The van der Waals surface area contributed by atoms with Crippen LogP contribution >= 0.6 is 11.6 Å². The lowest BCUT2D eigenvalue weighted by Gasteiger charge is -2.18. The average molecular weight is 267 g/mol. The highest BCUT2D eigenvalue weighted by atomic mass is 35.5. The third-order valence-corrected chi connectivity index (χ3v) is 3.21. The van der Waals surface area contributed by atoms with Gasteiger partial charge in [-0.15, -0.1) is 11.6 Å². The Morgan fingerprint density at radius 3 is 2.78 bits per heavy atom. The van der Waals surface area contributed by atoms with E-state index in [1.54, 1.807) is 4.90 Å². The minimum Gasteiger partial charge on any atom is -0.326 e. The molecule has 1 N–H and O–H groups in total. The minimum absolute atomic E-state index is 0.0210. The van der Waals surface area contributed by atoms with Gasteiger partial charge in [0.05, 0.1) is 5.38 Å². The lowest BCUT2D eigenvalue weighted by Crippen LogP contribution is -2.24. The van der Waals surface area contributed by atoms with Crippen LogP contribution in [0.15, 0.2) is 18.2 Å². The Hall–Kier alpha value is -1.55. The van der Waals surface area contributed by atoms with Crippen molar-refractivity contribution in [2.24, 2.45) is 0 Å². The zero-order chi connectivity index (χ0) is 13.3. The van der Waals surface area contributed by atoms with E-state index in [0.717, 1.165) is 16.9 Å². The molecule has 4 nitrogen and oxygen atoms in total. The number of nitrogens with zero attached hydrogens (tertiary/aromatic N) is 1. The zero-order valence-corrected chi connectivity index (χ0v) is 11.1. The lowest BCUT2D eigenvalue weighted by atomic mass is 10.1. The molecule has 0 saturated carbocycles. The maximum Gasteiger partial charge on any atom is 0.228 e. The first kappa shape index (κ1) is 12.9. The molecule has 5 heteroatoms. The van der Waals surface area contributed by atoms with Crippen molar-refractivity contribution in [3.05, 3.63) is 23.8 Å². The molecule has 0 radical (unpaired) electrons. The van der Waals surface area contributed by atoms with Crippen molar-refractivity contribution in [1.29, 1.82) is 0 Å². The number of amides is 2. The van der Waals surface area contributed by atoms with E-state index >= 15 is 0 Å². The molecule has 1 aromatic carbocycles. The van der Waals surface area contributed by atoms with E-state index < -0.39 is 0 Å². The molecule has 1 aliphatic heterocycles. The van der Waals surface area contributed by atoms with Gasteiger partial charge in [0.1, 0.15) is 0 Å². The molecule has 1 unspecified atom stereocenters. The lowest BCUT2D eigenvalue weighted by molar-refractivity contribution is -0.117. The zero-order valence-electron chi connectivity index (χ0n) is 10.4. The van der Waals surface area contributed by atoms with Crippen LogP contribution in [0, 0.1) is 6.92 Å². The summed E-state index contributed by atoms with van der Waals surface area (Å²) in [4.78, 5) is 24.5. The van der Waals surface area contributed by atoms with Gasteiger partial charge in [0.25, 0.3) is 0 Å². The Labute approximate surface area is 111 Å². The number of carbonyl (C=O) groups excluding carboxylic acids is 2. The molecule has 0 spiro atoms. The van der Waals surface area contributed by atoms with Gasteiger partial charge in [0.15, 0.2) is 0 Å². The fourth-order valence-corrected chi connectivity index (χ4v) is 2.29. The summed E-state index contributed by atoms with van der Waals surface area (Å²) in [5.41, 5.74) is 2.46. The second-order valence-electron chi connectivity index (χ2n) is 4.49. The molecule has 0 bridgehead atoms. The van der Waals surface area contributed by atoms with Crippen LogP contribution in [0.1, 0.15) is 18.9 Å². The second kappa shape index (κ2) is 4.98. The van der Waals surface area contributed by atoms with Crippen LogP contribution in [0.4, 0.5) is 11.4 Å². The normalized spacial score (nSPS) is 19.2. The van der Waals surface area contributed by atoms with Gasteiger partial charge in [-0.3, -0.25) is 9.59 Å². The molecule has 96 valence electrons. The van der Waals surface area contributed by atoms with E-state index in [1.807, 2.05) is 25.1 Å². The molecule has 1 heterocycles. The van der Waals surface area contributed by atoms with Crippen molar-refractivity contribution in [3.63, 3.8) is 0 Å². The van der Waals surface area contributed by atoms with Crippen molar-refractivity contribution >= 4 is 34.8 Å². The van der Waals surface area contributed by atoms with Crippen LogP contribution < -0.4 is 10.2 Å². The maximum atomic E-state index is 11.8. The standard InChI is InChI=1S/C13H15ClN2O2/c1-8-3-4-11(6-12(8)15-9(2)17)16-7-10(14)5-13(16)18/h3-4,6,10H,5,7H2,1-2H3,(H,15,17). The molecule has 1 aliphatic rings. The van der Waals surface area contributed by atoms with Gasteiger partial charge in [0, 0.05) is 31.3 Å². The molecule has 2 amide bonds. The summed E-state index contributed by atoms with van der Waals surface area (Å²) in [7, 11) is 0. The molecule has 0 aliphatic carbocycles. The van der Waals surface area contributed by atoms with Gasteiger partial charge in [-0.25, -0.2) is 0 Å². The van der Waals surface area contributed by atoms with Gasteiger partial charge >= 0.3 is 0 Å². The van der Waals surface area contributed by atoms with Gasteiger partial charge in [-0.1, -0.05) is 6.07 Å². The summed E-state index contributed by atoms with van der Waals surface area (Å²) < 4.78 is 0. The summed E-state index contributed by atoms with van der Waals surface area (Å²) in [5.74, 6) is -0.106. The summed E-state index contributed by atoms with van der Waals surface area (Å²) in [6.07, 6.45) is 0.366. The quantitative estimate of drug-likeness (QED) is 0.835. The van der Waals surface area contributed by atoms with Crippen molar-refractivity contribution in [1.82, 2.24) is 0 Å². The fourth-order valence-electron chi connectivity index (χ4n) is 2.02. The maximum absolute atomic E-state index is 11.8. The number of halogens is 1. The van der Waals surface area contributed by atoms with Crippen molar-refractivity contribution in [2.45, 2.75) is 25.6 Å². The number of alkyl halides is 1. The fraction of sp³-hybridized carbons (Fsp3) is 0.385. The molecule has 18 heavy (non-hydrogen) atoms. The van der Waals surface area contributed by atoms with Crippen LogP contribution in [-0.2, 0) is 9.59 Å². The molecule has 1 saturated heterocycles. The SMILES string of the molecule is CC(=O)Nc1cc(N2CC(Cl)CC2=O)ccc1C. The monoisotopic (exact) mass is 266 g/mol. The van der Waals surface area contributed by atoms with E-state index in [2.05, 4.69) is 5.32 Å². The van der Waals surface area contributed by atoms with E-state index in [0.29, 0.717) is 13.0 Å². The molecule has 2 rings (SSSR count). The number of rotatable bonds is 2. The van der Waals surface area contributed by atoms with Gasteiger partial charge in [-0.05, 0) is 24.6 Å². The third-order valence-electron chi connectivity index (χ3n) is 2.92. The van der Waals surface area contributed by atoms with Crippen LogP contribution in [-0.4, -0.2) is 23.7 Å². The smallest absolute Gasteiger partial charge is 0.228 e. The largest absolute Gasteiger partial charge is 0.326 e. The average Bonchev–Trinajstić information content (AvgIpc) is 2.60. The van der Waals surface area contributed by atoms with Crippen molar-refractivity contribution in [3.8, 4) is 0 Å². The Morgan fingerprint density at radius 2 is 2.22 bits per heavy atom. The highest BCUT2D eigenvalue weighted by Crippen LogP contribution is 2.28. The summed E-state index contributed by atoms with van der Waals surface area (Å²) in [6, 6.07) is 5.56. The predicted octanol–water partition coefficient (Wildman–Crippen LogP) is 2.30. The Kier molecular flexibility index (Phi) is 3.57. The summed E-state index contributed by atoms with van der Waals surface area (Å²) in [5, 5.41) is 2.62. The van der Waals surface area contributed by atoms with Crippen molar-refractivity contribution < 1.29 is 9.59 Å². The van der Waals surface area contributed by atoms with Gasteiger partial charge < -0.3 is 10.2 Å². The highest BCUT2D eigenvalue weighted by Gasteiger charge is 2.29. The number of hydrogen-bond donors (Lipinski definition) is 1. The van der Waals surface area contributed by atoms with Crippen LogP contribution in [0.25, 0.3) is 0 Å². The van der Waals surface area contributed by atoms with E-state index in [-0.39, 0.29) is 17.2 Å². The number of benzene rings is 1. The Bertz CT molecular complexity index is 502. The number of hydrogen-bond acceptors (Lipinski definition) is 2. The third kappa shape index (κ3) is 2.64. The molecule has 1 atom stereocenters. The number of aryl methyl sites for hydroxylation is 1. The number of carbonyl (C=O) groups is 2. The first-order valence-corrected chi connectivity index (χ1v) is 6.23. The van der Waals surface area contributed by atoms with Crippen LogP contribution in [0.3, 0.4) is 0 Å². The van der Waals surface area contributed by atoms with Gasteiger partial charge in [-0.2, -0.15) is 0 Å². The predicted molar refractivity (Wildman–Crippen MR) is 72.1 cm³/mol. The molecule has 0 aromatic heterocycles. The minimum atomic E-state index is -0.136. The first-order valence-electron chi connectivity index (χ1n) is 5.80. The summed E-state index contributed by atoms with van der Waals surface area (Å²) >= 11 is 5.97. The van der Waals surface area contributed by atoms with Crippen molar-refractivity contribution in [2.75, 3.05) is 16.8 Å². The highest BCUT2D eigenvalue weighted by molar-refractivity contribution is 6.24. The Morgan fingerprint density at radius 1 is 1.50 bits per heavy atom. The molecular weight excluding hydrogens is 252 g/mol. The van der Waals surface area contributed by atoms with E-state index in [1.165, 1.54) is 6.92 Å². The van der Waals surface area contributed by atoms with Gasteiger partial charge in [0.2, 0.25) is 11.8 Å². The van der Waals surface area contributed by atoms with E-state index in [9.17, 15) is 9.59 Å². The topological polar surface area (TPSA) is 49.4 Å². The van der Waals surface area contributed by atoms with E-state index in [4.69, 9.17) is 11.6 Å². The Balaban J connectivity index is 2.29. The van der Waals surface area contributed by atoms with Crippen LogP contribution in [0.2, 0.25) is 0 Å². The molecular formula is C13H15ClN2O2. The number of nitrogens with one attached hydrogen (secondary N) is 1.